The van der Waals surface area contributed by atoms with Crippen molar-refractivity contribution < 1.29 is 18.0 Å². The van der Waals surface area contributed by atoms with E-state index in [1.807, 2.05) is 0 Å². The lowest BCUT2D eigenvalue weighted by Gasteiger charge is -2.11. The van der Waals surface area contributed by atoms with E-state index in [0.29, 0.717) is 16.8 Å². The zero-order chi connectivity index (χ0) is 18.7. The monoisotopic (exact) mass is 359 g/mol. The first kappa shape index (κ1) is 17.7. The van der Waals surface area contributed by atoms with Crippen LogP contribution in [0.3, 0.4) is 0 Å². The fraction of sp³-hybridized carbons (Fsp3) is 0.158. The Bertz CT molecular complexity index is 920. The first-order chi connectivity index (χ1) is 12.5. The first-order valence-electron chi connectivity index (χ1n) is 7.87. The molecular formula is C19H16F3N3O. The molecule has 1 heterocycles. The predicted molar refractivity (Wildman–Crippen MR) is 92.8 cm³/mol. The Kier molecular flexibility index (Phi) is 5.06. The Balaban J connectivity index is 1.92. The maximum absolute atomic E-state index is 13.1. The van der Waals surface area contributed by atoms with Crippen LogP contribution in [0.25, 0.3) is 11.1 Å². The van der Waals surface area contributed by atoms with Gasteiger partial charge in [-0.15, -0.1) is 0 Å². The summed E-state index contributed by atoms with van der Waals surface area (Å²) in [6.07, 6.45) is -1.59. The highest BCUT2D eigenvalue weighted by Gasteiger charge is 2.23. The van der Waals surface area contributed by atoms with Crippen LogP contribution in [0.5, 0.6) is 0 Å². The van der Waals surface area contributed by atoms with E-state index in [2.05, 4.69) is 10.4 Å². The normalized spacial score (nSPS) is 11.0. The third-order valence-corrected chi connectivity index (χ3v) is 3.90. The van der Waals surface area contributed by atoms with Gasteiger partial charge in [0.05, 0.1) is 5.56 Å². The van der Waals surface area contributed by atoms with Gasteiger partial charge in [0.15, 0.2) is 0 Å². The van der Waals surface area contributed by atoms with Gasteiger partial charge in [0.25, 0.3) is 12.3 Å². The van der Waals surface area contributed by atoms with Gasteiger partial charge < -0.3 is 5.32 Å². The number of carbonyl (C=O) groups is 1. The SMILES string of the molecule is Cn1cc(C(=O)Nc2ccccc2-c2ccc(CF)cc2)c(C(F)F)n1. The molecule has 0 unspecified atom stereocenters. The number of alkyl halides is 3. The molecule has 2 aromatic carbocycles. The molecule has 0 aliphatic carbocycles. The predicted octanol–water partition coefficient (Wildman–Crippen LogP) is 4.75. The van der Waals surface area contributed by atoms with Crippen molar-refractivity contribution >= 4 is 11.6 Å². The summed E-state index contributed by atoms with van der Waals surface area (Å²) in [4.78, 5) is 12.5. The van der Waals surface area contributed by atoms with E-state index in [4.69, 9.17) is 0 Å². The van der Waals surface area contributed by atoms with Crippen molar-refractivity contribution in [2.45, 2.75) is 13.1 Å². The summed E-state index contributed by atoms with van der Waals surface area (Å²) in [6.45, 7) is -0.559. The van der Waals surface area contributed by atoms with E-state index in [9.17, 15) is 18.0 Å². The highest BCUT2D eigenvalue weighted by molar-refractivity contribution is 6.06. The van der Waals surface area contributed by atoms with Gasteiger partial charge in [-0.25, -0.2) is 13.2 Å². The Hall–Kier alpha value is -3.09. The number of para-hydroxylation sites is 1. The highest BCUT2D eigenvalue weighted by atomic mass is 19.3. The van der Waals surface area contributed by atoms with Gasteiger partial charge in [0.1, 0.15) is 12.4 Å². The Morgan fingerprint density at radius 3 is 2.50 bits per heavy atom. The third kappa shape index (κ3) is 3.61. The smallest absolute Gasteiger partial charge is 0.282 e. The summed E-state index contributed by atoms with van der Waals surface area (Å²) in [5.41, 5.74) is 1.76. The van der Waals surface area contributed by atoms with Crippen LogP contribution in [-0.4, -0.2) is 15.7 Å². The second kappa shape index (κ2) is 7.43. The summed E-state index contributed by atoms with van der Waals surface area (Å²) in [5.74, 6) is -0.666. The average molecular weight is 359 g/mol. The van der Waals surface area contributed by atoms with E-state index in [-0.39, 0.29) is 5.56 Å². The van der Waals surface area contributed by atoms with Crippen molar-refractivity contribution in [3.8, 4) is 11.1 Å². The van der Waals surface area contributed by atoms with Gasteiger partial charge in [-0.05, 0) is 17.2 Å². The number of amides is 1. The molecule has 26 heavy (non-hydrogen) atoms. The Morgan fingerprint density at radius 2 is 1.85 bits per heavy atom. The van der Waals surface area contributed by atoms with Gasteiger partial charge in [0, 0.05) is 24.5 Å². The zero-order valence-electron chi connectivity index (χ0n) is 13.9. The van der Waals surface area contributed by atoms with Gasteiger partial charge in [-0.1, -0.05) is 42.5 Å². The van der Waals surface area contributed by atoms with Crippen molar-refractivity contribution in [2.24, 2.45) is 7.05 Å². The molecule has 0 fully saturated rings. The van der Waals surface area contributed by atoms with Gasteiger partial charge >= 0.3 is 0 Å². The van der Waals surface area contributed by atoms with Crippen molar-refractivity contribution in [1.29, 1.82) is 0 Å². The van der Waals surface area contributed by atoms with Crippen LogP contribution in [0.2, 0.25) is 0 Å². The summed E-state index contributed by atoms with van der Waals surface area (Å²) in [5, 5.41) is 6.31. The summed E-state index contributed by atoms with van der Waals surface area (Å²) >= 11 is 0. The maximum Gasteiger partial charge on any atom is 0.282 e. The largest absolute Gasteiger partial charge is 0.321 e. The van der Waals surface area contributed by atoms with Crippen LogP contribution in [0.15, 0.2) is 54.7 Å². The molecular weight excluding hydrogens is 343 g/mol. The van der Waals surface area contributed by atoms with Crippen LogP contribution in [0.1, 0.15) is 28.0 Å². The minimum Gasteiger partial charge on any atom is -0.321 e. The van der Waals surface area contributed by atoms with Crippen molar-refractivity contribution in [1.82, 2.24) is 9.78 Å². The number of aryl methyl sites for hydroxylation is 1. The van der Waals surface area contributed by atoms with Gasteiger partial charge in [-0.3, -0.25) is 9.48 Å². The lowest BCUT2D eigenvalue weighted by atomic mass is 10.0. The lowest BCUT2D eigenvalue weighted by Crippen LogP contribution is -2.14. The zero-order valence-corrected chi connectivity index (χ0v) is 13.9. The number of rotatable bonds is 5. The minimum absolute atomic E-state index is 0.176. The molecule has 0 atom stereocenters. The summed E-state index contributed by atoms with van der Waals surface area (Å²) in [7, 11) is 1.48. The molecule has 0 radical (unpaired) electrons. The van der Waals surface area contributed by atoms with E-state index >= 15 is 0 Å². The number of hydrogen-bond acceptors (Lipinski definition) is 2. The molecule has 1 amide bonds. The molecule has 4 nitrogen and oxygen atoms in total. The molecule has 3 rings (SSSR count). The molecule has 1 N–H and O–H groups in total. The number of halogens is 3. The molecule has 0 bridgehead atoms. The van der Waals surface area contributed by atoms with E-state index in [1.165, 1.54) is 17.9 Å². The molecule has 3 aromatic rings. The molecule has 0 saturated heterocycles. The number of aromatic nitrogens is 2. The third-order valence-electron chi connectivity index (χ3n) is 3.90. The number of carbonyl (C=O) groups excluding carboxylic acids is 1. The molecule has 0 aliphatic heterocycles. The van der Waals surface area contributed by atoms with E-state index < -0.39 is 24.7 Å². The Morgan fingerprint density at radius 1 is 1.15 bits per heavy atom. The number of hydrogen-bond donors (Lipinski definition) is 1. The van der Waals surface area contributed by atoms with Crippen molar-refractivity contribution in [2.75, 3.05) is 5.32 Å². The van der Waals surface area contributed by atoms with Crippen LogP contribution in [-0.2, 0) is 13.7 Å². The second-order valence-electron chi connectivity index (χ2n) is 5.73. The standard InChI is InChI=1S/C19H16F3N3O/c1-25-11-15(17(24-25)18(21)22)19(26)23-16-5-3-2-4-14(16)13-8-6-12(10-20)7-9-13/h2-9,11,18H,10H2,1H3,(H,23,26). The van der Waals surface area contributed by atoms with Crippen molar-refractivity contribution in [3.05, 3.63) is 71.5 Å². The molecule has 0 spiro atoms. The van der Waals surface area contributed by atoms with E-state index in [0.717, 1.165) is 5.56 Å². The molecule has 0 aliphatic rings. The number of nitrogens with zero attached hydrogens (tertiary/aromatic N) is 2. The minimum atomic E-state index is -2.85. The second-order valence-corrected chi connectivity index (χ2v) is 5.73. The topological polar surface area (TPSA) is 46.9 Å². The van der Waals surface area contributed by atoms with Crippen LogP contribution >= 0.6 is 0 Å². The fourth-order valence-corrected chi connectivity index (χ4v) is 2.65. The Labute approximate surface area is 148 Å². The molecule has 134 valence electrons. The molecule has 7 heteroatoms. The summed E-state index contributed by atoms with van der Waals surface area (Å²) < 4.78 is 40.0. The maximum atomic E-state index is 13.1. The molecule has 0 saturated carbocycles. The number of benzene rings is 2. The number of nitrogens with one attached hydrogen (secondary N) is 1. The lowest BCUT2D eigenvalue weighted by molar-refractivity contribution is 0.101. The number of anilines is 1. The fourth-order valence-electron chi connectivity index (χ4n) is 2.65. The van der Waals surface area contributed by atoms with Crippen LogP contribution in [0.4, 0.5) is 18.9 Å². The van der Waals surface area contributed by atoms with Crippen molar-refractivity contribution in [3.63, 3.8) is 0 Å². The molecule has 1 aromatic heterocycles. The highest BCUT2D eigenvalue weighted by Crippen LogP contribution is 2.29. The van der Waals surface area contributed by atoms with Crippen LogP contribution < -0.4 is 5.32 Å². The van der Waals surface area contributed by atoms with Gasteiger partial charge in [-0.2, -0.15) is 5.10 Å². The average Bonchev–Trinajstić information content (AvgIpc) is 3.05. The first-order valence-corrected chi connectivity index (χ1v) is 7.87. The van der Waals surface area contributed by atoms with Crippen LogP contribution in [0, 0.1) is 0 Å². The van der Waals surface area contributed by atoms with Gasteiger partial charge in [0.2, 0.25) is 0 Å². The summed E-state index contributed by atoms with van der Waals surface area (Å²) in [6, 6.07) is 13.8. The quantitative estimate of drug-likeness (QED) is 0.715. The van der Waals surface area contributed by atoms with E-state index in [1.54, 1.807) is 48.5 Å².